The average Bonchev–Trinajstić information content (AvgIpc) is 3.04. The van der Waals surface area contributed by atoms with Gasteiger partial charge in [-0.25, -0.2) is 0 Å². The molecule has 0 aliphatic carbocycles. The molecule has 36 heavy (non-hydrogen) atoms. The van der Waals surface area contributed by atoms with Gasteiger partial charge in [0.2, 0.25) is 11.8 Å². The van der Waals surface area contributed by atoms with E-state index >= 15 is 0 Å². The number of piperidine rings is 1. The predicted octanol–water partition coefficient (Wildman–Crippen LogP) is 6.64. The minimum atomic E-state index is -1.28. The fourth-order valence-electron chi connectivity index (χ4n) is 5.42. The maximum Gasteiger partial charge on any atom is 0.242 e. The van der Waals surface area contributed by atoms with E-state index in [4.69, 9.17) is 16.3 Å². The number of rotatable bonds is 8. The lowest BCUT2D eigenvalue weighted by Crippen LogP contribution is -2.63. The zero-order valence-electron chi connectivity index (χ0n) is 21.4. The van der Waals surface area contributed by atoms with Crippen molar-refractivity contribution in [1.29, 1.82) is 0 Å². The highest BCUT2D eigenvalue weighted by Crippen LogP contribution is 2.56. The number of halogens is 2. The number of fused-ring (bicyclic) bond motifs is 2. The molecule has 1 N–H and O–H groups in total. The molecule has 1 fully saturated rings. The van der Waals surface area contributed by atoms with Crippen LogP contribution >= 0.6 is 27.5 Å². The van der Waals surface area contributed by atoms with Crippen LogP contribution in [0.15, 0.2) is 59.1 Å². The van der Waals surface area contributed by atoms with Crippen LogP contribution in [0.25, 0.3) is 0 Å². The van der Waals surface area contributed by atoms with Gasteiger partial charge in [0.25, 0.3) is 0 Å². The summed E-state index contributed by atoms with van der Waals surface area (Å²) in [5, 5.41) is 3.72. The summed E-state index contributed by atoms with van der Waals surface area (Å²) in [5.41, 5.74) is 2.33. The predicted molar refractivity (Wildman–Crippen MR) is 152 cm³/mol. The van der Waals surface area contributed by atoms with Gasteiger partial charge in [-0.2, -0.15) is 0 Å². The van der Waals surface area contributed by atoms with Crippen molar-refractivity contribution in [2.24, 2.45) is 0 Å². The van der Waals surface area contributed by atoms with Crippen molar-refractivity contribution < 1.29 is 14.3 Å². The minimum Gasteiger partial charge on any atom is -0.361 e. The maximum absolute atomic E-state index is 14.7. The molecular formula is C28H34BrClN2O3Si. The monoisotopic (exact) mass is 588 g/mol. The Morgan fingerprint density at radius 2 is 2.00 bits per heavy atom. The summed E-state index contributed by atoms with van der Waals surface area (Å²) in [5.74, 6) is -0.577. The van der Waals surface area contributed by atoms with Crippen LogP contribution in [0.3, 0.4) is 0 Å². The molecule has 192 valence electrons. The molecule has 2 aliphatic rings. The summed E-state index contributed by atoms with van der Waals surface area (Å²) in [4.78, 5) is 29.4. The van der Waals surface area contributed by atoms with Crippen molar-refractivity contribution in [3.05, 3.63) is 75.2 Å². The molecule has 8 heteroatoms. The molecule has 5 nitrogen and oxygen atoms in total. The number of anilines is 1. The fourth-order valence-corrected chi connectivity index (χ4v) is 6.72. The van der Waals surface area contributed by atoms with E-state index in [0.29, 0.717) is 18.1 Å². The topological polar surface area (TPSA) is 58.6 Å². The molecule has 0 saturated carbocycles. The molecule has 2 aliphatic heterocycles. The van der Waals surface area contributed by atoms with Crippen molar-refractivity contribution in [2.75, 3.05) is 18.2 Å². The zero-order valence-corrected chi connectivity index (χ0v) is 24.7. The number of hydrogen-bond acceptors (Lipinski definition) is 3. The lowest BCUT2D eigenvalue weighted by atomic mass is 9.59. The molecule has 1 spiro atoms. The molecule has 2 aromatic carbocycles. The Kier molecular flexibility index (Phi) is 7.86. The smallest absolute Gasteiger partial charge is 0.242 e. The number of amides is 2. The summed E-state index contributed by atoms with van der Waals surface area (Å²) in [6, 6.07) is 13.9. The first-order valence-electron chi connectivity index (χ1n) is 12.4. The second-order valence-electron chi connectivity index (χ2n) is 10.9. The van der Waals surface area contributed by atoms with Crippen LogP contribution in [-0.4, -0.2) is 39.3 Å². The number of carbonyl (C=O) groups is 2. The van der Waals surface area contributed by atoms with E-state index in [0.717, 1.165) is 32.9 Å². The number of benzene rings is 2. The highest BCUT2D eigenvalue weighted by Gasteiger charge is 2.63. The Morgan fingerprint density at radius 1 is 1.25 bits per heavy atom. The van der Waals surface area contributed by atoms with Crippen LogP contribution in [0.5, 0.6) is 0 Å². The quantitative estimate of drug-likeness (QED) is 0.213. The van der Waals surface area contributed by atoms with Crippen LogP contribution < -0.4 is 10.2 Å². The van der Waals surface area contributed by atoms with Gasteiger partial charge in [-0.05, 0) is 47.9 Å². The van der Waals surface area contributed by atoms with Gasteiger partial charge in [-0.15, -0.1) is 0 Å². The van der Waals surface area contributed by atoms with Gasteiger partial charge in [0.15, 0.2) is 0 Å². The zero-order chi connectivity index (χ0) is 26.3. The van der Waals surface area contributed by atoms with E-state index in [1.165, 1.54) is 0 Å². The normalized spacial score (nSPS) is 23.7. The third-order valence-corrected chi connectivity index (χ3v) is 9.76. The van der Waals surface area contributed by atoms with E-state index in [1.54, 1.807) is 4.90 Å². The van der Waals surface area contributed by atoms with E-state index in [-0.39, 0.29) is 25.0 Å². The van der Waals surface area contributed by atoms with E-state index in [9.17, 15) is 9.59 Å². The highest BCUT2D eigenvalue weighted by atomic mass is 79.9. The fraction of sp³-hybridized carbons (Fsp3) is 0.429. The van der Waals surface area contributed by atoms with E-state index in [2.05, 4.69) is 47.5 Å². The van der Waals surface area contributed by atoms with Crippen LogP contribution in [0.2, 0.25) is 30.7 Å². The molecule has 2 heterocycles. The Labute approximate surface area is 228 Å². The SMILES string of the molecule is C=C(CC)[C@H]1NC(=O)C[C@@H](c2cccc(Cl)c2)[C@]12C(=O)N(COCC[Si](C)(C)C)c1cc(Br)ccc12. The highest BCUT2D eigenvalue weighted by molar-refractivity contribution is 9.10. The third kappa shape index (κ3) is 4.95. The van der Waals surface area contributed by atoms with Gasteiger partial charge in [0.05, 0.1) is 11.7 Å². The largest absolute Gasteiger partial charge is 0.361 e. The molecule has 3 atom stereocenters. The molecule has 0 unspecified atom stereocenters. The number of ether oxygens (including phenoxy) is 1. The van der Waals surface area contributed by atoms with Crippen molar-refractivity contribution in [3.8, 4) is 0 Å². The molecule has 0 bridgehead atoms. The average molecular weight is 590 g/mol. The number of carbonyl (C=O) groups excluding carboxylic acids is 2. The van der Waals surface area contributed by atoms with Gasteiger partial charge >= 0.3 is 0 Å². The molecule has 1 saturated heterocycles. The summed E-state index contributed by atoms with van der Waals surface area (Å²) >= 11 is 9.98. The Bertz CT molecular complexity index is 1200. The Hall–Kier alpha value is -1.93. The van der Waals surface area contributed by atoms with Gasteiger partial charge in [0, 0.05) is 36.5 Å². The van der Waals surface area contributed by atoms with E-state index < -0.39 is 25.4 Å². The van der Waals surface area contributed by atoms with Crippen molar-refractivity contribution in [2.45, 2.75) is 62.8 Å². The first-order valence-corrected chi connectivity index (χ1v) is 17.3. The van der Waals surface area contributed by atoms with Crippen LogP contribution in [0.1, 0.15) is 36.8 Å². The van der Waals surface area contributed by atoms with E-state index in [1.807, 2.05) is 49.4 Å². The molecule has 2 aromatic rings. The van der Waals surface area contributed by atoms with Crippen molar-refractivity contribution >= 4 is 53.1 Å². The molecule has 0 aromatic heterocycles. The van der Waals surface area contributed by atoms with Gasteiger partial charge in [-0.1, -0.05) is 84.4 Å². The first kappa shape index (κ1) is 27.1. The lowest BCUT2D eigenvalue weighted by Gasteiger charge is -2.47. The second-order valence-corrected chi connectivity index (χ2v) is 17.9. The number of nitrogens with zero attached hydrogens (tertiary/aromatic N) is 1. The Morgan fingerprint density at radius 3 is 2.67 bits per heavy atom. The first-order chi connectivity index (χ1) is 17.0. The molecule has 2 amide bonds. The summed E-state index contributed by atoms with van der Waals surface area (Å²) in [6.07, 6.45) is 0.820. The lowest BCUT2D eigenvalue weighted by molar-refractivity contribution is -0.132. The molecule has 0 radical (unpaired) electrons. The van der Waals surface area contributed by atoms with Gasteiger partial charge in [0.1, 0.15) is 12.1 Å². The van der Waals surface area contributed by atoms with Crippen LogP contribution in [0, 0.1) is 0 Å². The second kappa shape index (κ2) is 10.4. The van der Waals surface area contributed by atoms with Crippen molar-refractivity contribution in [3.63, 3.8) is 0 Å². The van der Waals surface area contributed by atoms with Gasteiger partial charge < -0.3 is 10.1 Å². The maximum atomic E-state index is 14.7. The minimum absolute atomic E-state index is 0.0758. The Balaban J connectivity index is 1.87. The summed E-state index contributed by atoms with van der Waals surface area (Å²) in [7, 11) is -1.28. The van der Waals surface area contributed by atoms with Crippen LogP contribution in [0.4, 0.5) is 5.69 Å². The van der Waals surface area contributed by atoms with Crippen LogP contribution in [-0.2, 0) is 19.7 Å². The third-order valence-electron chi connectivity index (χ3n) is 7.33. The molecular weight excluding hydrogens is 556 g/mol. The summed E-state index contributed by atoms with van der Waals surface area (Å²) < 4.78 is 6.97. The number of hydrogen-bond donors (Lipinski definition) is 1. The standard InChI is InChI=1S/C28H34BrClN2O3Si/c1-6-18(2)26-28(23(16-25(33)31-26)19-8-7-9-21(30)14-19)22-11-10-20(29)15-24(22)32(27(28)34)17-35-12-13-36(3,4)5/h7-11,14-15,23,26H,2,6,12-13,16-17H2,1,3-5H3,(H,31,33)/t23-,26+,28-/m0/s1. The van der Waals surface area contributed by atoms with Crippen molar-refractivity contribution in [1.82, 2.24) is 5.32 Å². The molecule has 4 rings (SSSR count). The number of nitrogens with one attached hydrogen (secondary N) is 1. The summed E-state index contributed by atoms with van der Waals surface area (Å²) in [6.45, 7) is 14.0. The van der Waals surface area contributed by atoms with Gasteiger partial charge in [-0.3, -0.25) is 14.5 Å².